The molecule has 2 amide bonds. The summed E-state index contributed by atoms with van der Waals surface area (Å²) in [6.07, 6.45) is 7.58. The first kappa shape index (κ1) is 12.5. The Morgan fingerprint density at radius 2 is 2.00 bits per heavy atom. The number of likely N-dealkylation sites (tertiary alicyclic amines) is 1. The summed E-state index contributed by atoms with van der Waals surface area (Å²) < 4.78 is 0. The van der Waals surface area contributed by atoms with Crippen LogP contribution in [0.1, 0.15) is 29.8 Å². The van der Waals surface area contributed by atoms with E-state index in [2.05, 4.69) is 15.3 Å². The summed E-state index contributed by atoms with van der Waals surface area (Å²) in [5.41, 5.74) is 0.226. The molecule has 0 saturated carbocycles. The number of amides is 2. The third kappa shape index (κ3) is 3.26. The number of carbonyl (C=O) groups is 2. The van der Waals surface area contributed by atoms with Crippen LogP contribution in [0, 0.1) is 0 Å². The molecule has 1 aliphatic rings. The van der Waals surface area contributed by atoms with Crippen LogP contribution in [0.5, 0.6) is 0 Å². The van der Waals surface area contributed by atoms with Crippen LogP contribution in [0.3, 0.4) is 0 Å². The third-order valence-corrected chi connectivity index (χ3v) is 2.90. The van der Waals surface area contributed by atoms with Gasteiger partial charge in [0.05, 0.1) is 12.7 Å². The van der Waals surface area contributed by atoms with Crippen LogP contribution >= 0.6 is 0 Å². The molecule has 96 valence electrons. The van der Waals surface area contributed by atoms with Gasteiger partial charge in [-0.15, -0.1) is 0 Å². The van der Waals surface area contributed by atoms with Gasteiger partial charge in [0.15, 0.2) is 0 Å². The van der Waals surface area contributed by atoms with Gasteiger partial charge in [-0.3, -0.25) is 14.6 Å². The fourth-order valence-electron chi connectivity index (χ4n) is 1.92. The van der Waals surface area contributed by atoms with Crippen LogP contribution in [-0.2, 0) is 4.79 Å². The van der Waals surface area contributed by atoms with Crippen LogP contribution < -0.4 is 5.32 Å². The van der Waals surface area contributed by atoms with Gasteiger partial charge in [0.1, 0.15) is 5.69 Å². The van der Waals surface area contributed by atoms with E-state index < -0.39 is 0 Å². The standard InChI is InChI=1S/C12H16N4O2/c17-11(16-6-2-1-3-7-16)9-15-12(18)10-8-13-4-5-14-10/h4-5,8H,1-3,6-7,9H2,(H,15,18). The lowest BCUT2D eigenvalue weighted by Crippen LogP contribution is -2.42. The topological polar surface area (TPSA) is 75.2 Å². The number of hydrogen-bond donors (Lipinski definition) is 1. The van der Waals surface area contributed by atoms with E-state index in [4.69, 9.17) is 0 Å². The SMILES string of the molecule is O=C(NCC(=O)N1CCCCC1)c1cnccn1. The highest BCUT2D eigenvalue weighted by molar-refractivity contribution is 5.94. The second-order valence-corrected chi connectivity index (χ2v) is 4.21. The second-order valence-electron chi connectivity index (χ2n) is 4.21. The fraction of sp³-hybridized carbons (Fsp3) is 0.500. The third-order valence-electron chi connectivity index (χ3n) is 2.90. The maximum Gasteiger partial charge on any atom is 0.271 e. The molecule has 0 radical (unpaired) electrons. The maximum atomic E-state index is 11.8. The van der Waals surface area contributed by atoms with Crippen molar-refractivity contribution in [2.24, 2.45) is 0 Å². The van der Waals surface area contributed by atoms with E-state index in [1.165, 1.54) is 25.0 Å². The van der Waals surface area contributed by atoms with Gasteiger partial charge in [0.2, 0.25) is 5.91 Å². The molecule has 1 aliphatic heterocycles. The van der Waals surface area contributed by atoms with Gasteiger partial charge in [-0.05, 0) is 19.3 Å². The number of aromatic nitrogens is 2. The minimum absolute atomic E-state index is 0.0232. The van der Waals surface area contributed by atoms with Crippen LogP contribution in [0.2, 0.25) is 0 Å². The Kier molecular flexibility index (Phi) is 4.22. The number of rotatable bonds is 3. The molecule has 0 aromatic carbocycles. The van der Waals surface area contributed by atoms with Crippen molar-refractivity contribution in [3.05, 3.63) is 24.3 Å². The summed E-state index contributed by atoms with van der Waals surface area (Å²) in [7, 11) is 0. The predicted octanol–water partition coefficient (Wildman–Crippen LogP) is 0.219. The van der Waals surface area contributed by atoms with Gasteiger partial charge in [0.25, 0.3) is 5.91 Å². The molecule has 6 nitrogen and oxygen atoms in total. The van der Waals surface area contributed by atoms with Crippen molar-refractivity contribution < 1.29 is 9.59 Å². The highest BCUT2D eigenvalue weighted by Gasteiger charge is 2.17. The lowest BCUT2D eigenvalue weighted by atomic mass is 10.1. The minimum Gasteiger partial charge on any atom is -0.342 e. The van der Waals surface area contributed by atoms with Crippen molar-refractivity contribution >= 4 is 11.8 Å². The largest absolute Gasteiger partial charge is 0.342 e. The number of nitrogens with zero attached hydrogens (tertiary/aromatic N) is 3. The first-order valence-electron chi connectivity index (χ1n) is 6.09. The molecule has 1 N–H and O–H groups in total. The Labute approximate surface area is 105 Å². The quantitative estimate of drug-likeness (QED) is 0.830. The molecule has 0 aliphatic carbocycles. The van der Waals surface area contributed by atoms with Gasteiger partial charge in [-0.1, -0.05) is 0 Å². The van der Waals surface area contributed by atoms with Crippen molar-refractivity contribution in [1.29, 1.82) is 0 Å². The maximum absolute atomic E-state index is 11.8. The zero-order valence-electron chi connectivity index (χ0n) is 10.1. The molecule has 2 heterocycles. The monoisotopic (exact) mass is 248 g/mol. The van der Waals surface area contributed by atoms with Crippen LogP contribution in [-0.4, -0.2) is 46.3 Å². The van der Waals surface area contributed by atoms with E-state index in [-0.39, 0.29) is 24.1 Å². The molecule has 0 spiro atoms. The molecule has 6 heteroatoms. The van der Waals surface area contributed by atoms with E-state index in [0.717, 1.165) is 25.9 Å². The normalized spacial score (nSPS) is 15.2. The molecule has 2 rings (SSSR count). The summed E-state index contributed by atoms with van der Waals surface area (Å²) >= 11 is 0. The molecular weight excluding hydrogens is 232 g/mol. The number of piperidine rings is 1. The van der Waals surface area contributed by atoms with E-state index in [1.54, 1.807) is 4.90 Å². The average molecular weight is 248 g/mol. The van der Waals surface area contributed by atoms with Crippen LogP contribution in [0.25, 0.3) is 0 Å². The number of nitrogens with one attached hydrogen (secondary N) is 1. The summed E-state index contributed by atoms with van der Waals surface area (Å²) in [6, 6.07) is 0. The molecule has 1 aromatic heterocycles. The second kappa shape index (κ2) is 6.09. The van der Waals surface area contributed by atoms with Crippen LogP contribution in [0.4, 0.5) is 0 Å². The Morgan fingerprint density at radius 1 is 1.22 bits per heavy atom. The first-order valence-corrected chi connectivity index (χ1v) is 6.09. The summed E-state index contributed by atoms with van der Waals surface area (Å²) in [5.74, 6) is -0.402. The van der Waals surface area contributed by atoms with E-state index in [1.807, 2.05) is 0 Å². The van der Waals surface area contributed by atoms with Gasteiger partial charge in [0, 0.05) is 25.5 Å². The summed E-state index contributed by atoms with van der Waals surface area (Å²) in [6.45, 7) is 1.61. The highest BCUT2D eigenvalue weighted by Crippen LogP contribution is 2.08. The Balaban J connectivity index is 1.80. The Morgan fingerprint density at radius 3 is 2.67 bits per heavy atom. The van der Waals surface area contributed by atoms with Crippen molar-refractivity contribution in [2.75, 3.05) is 19.6 Å². The lowest BCUT2D eigenvalue weighted by Gasteiger charge is -2.26. The molecule has 1 fully saturated rings. The Bertz CT molecular complexity index is 415. The lowest BCUT2D eigenvalue weighted by molar-refractivity contribution is -0.130. The smallest absolute Gasteiger partial charge is 0.271 e. The first-order chi connectivity index (χ1) is 8.77. The van der Waals surface area contributed by atoms with Gasteiger partial charge in [-0.2, -0.15) is 0 Å². The van der Waals surface area contributed by atoms with Gasteiger partial charge in [-0.25, -0.2) is 4.98 Å². The number of carbonyl (C=O) groups excluding carboxylic acids is 2. The van der Waals surface area contributed by atoms with Gasteiger partial charge >= 0.3 is 0 Å². The van der Waals surface area contributed by atoms with Crippen LogP contribution in [0.15, 0.2) is 18.6 Å². The van der Waals surface area contributed by atoms with Crippen molar-refractivity contribution in [3.8, 4) is 0 Å². The highest BCUT2D eigenvalue weighted by atomic mass is 16.2. The molecule has 18 heavy (non-hydrogen) atoms. The molecule has 1 aromatic rings. The predicted molar refractivity (Wildman–Crippen MR) is 64.8 cm³/mol. The zero-order valence-corrected chi connectivity index (χ0v) is 10.1. The Hall–Kier alpha value is -1.98. The minimum atomic E-state index is -0.367. The fourth-order valence-corrected chi connectivity index (χ4v) is 1.92. The average Bonchev–Trinajstić information content (AvgIpc) is 2.46. The van der Waals surface area contributed by atoms with Crippen molar-refractivity contribution in [1.82, 2.24) is 20.2 Å². The molecule has 1 saturated heterocycles. The summed E-state index contributed by atoms with van der Waals surface area (Å²) in [5, 5.41) is 2.56. The zero-order chi connectivity index (χ0) is 12.8. The van der Waals surface area contributed by atoms with E-state index >= 15 is 0 Å². The summed E-state index contributed by atoms with van der Waals surface area (Å²) in [4.78, 5) is 32.9. The van der Waals surface area contributed by atoms with Crippen molar-refractivity contribution in [2.45, 2.75) is 19.3 Å². The molecule has 0 bridgehead atoms. The van der Waals surface area contributed by atoms with Gasteiger partial charge < -0.3 is 10.2 Å². The van der Waals surface area contributed by atoms with Crippen molar-refractivity contribution in [3.63, 3.8) is 0 Å². The molecule has 0 atom stereocenters. The van der Waals surface area contributed by atoms with E-state index in [0.29, 0.717) is 0 Å². The molecular formula is C12H16N4O2. The number of hydrogen-bond acceptors (Lipinski definition) is 4. The molecule has 0 unspecified atom stereocenters. The van der Waals surface area contributed by atoms with E-state index in [9.17, 15) is 9.59 Å².